The summed E-state index contributed by atoms with van der Waals surface area (Å²) in [5.41, 5.74) is 1.19. The Morgan fingerprint density at radius 2 is 1.78 bits per heavy atom. The van der Waals surface area contributed by atoms with Crippen LogP contribution in [0.2, 0.25) is 5.02 Å². The first-order valence-electron chi connectivity index (χ1n) is 10.0. The van der Waals surface area contributed by atoms with Crippen LogP contribution in [0.5, 0.6) is 0 Å². The molecule has 0 aliphatic rings. The van der Waals surface area contributed by atoms with Gasteiger partial charge in [0.1, 0.15) is 0 Å². The Bertz CT molecular complexity index is 1170. The monoisotopic (exact) mass is 471 g/mol. The Morgan fingerprint density at radius 1 is 1.06 bits per heavy atom. The van der Waals surface area contributed by atoms with E-state index in [4.69, 9.17) is 11.6 Å². The van der Waals surface area contributed by atoms with Crippen molar-refractivity contribution in [1.82, 2.24) is 15.2 Å². The van der Waals surface area contributed by atoms with Crippen molar-refractivity contribution < 1.29 is 9.59 Å². The van der Waals surface area contributed by atoms with Gasteiger partial charge in [-0.25, -0.2) is 0 Å². The third-order valence-corrected chi connectivity index (χ3v) is 5.97. The Balaban J connectivity index is 1.77. The predicted molar refractivity (Wildman–Crippen MR) is 127 cm³/mol. The van der Waals surface area contributed by atoms with Gasteiger partial charge in [-0.2, -0.15) is 0 Å². The fourth-order valence-corrected chi connectivity index (χ4v) is 3.77. The molecule has 1 atom stereocenters. The third-order valence-electron chi connectivity index (χ3n) is 4.48. The van der Waals surface area contributed by atoms with Crippen LogP contribution in [-0.4, -0.2) is 32.2 Å². The zero-order valence-corrected chi connectivity index (χ0v) is 19.1. The molecule has 0 unspecified atom stereocenters. The third kappa shape index (κ3) is 5.95. The summed E-state index contributed by atoms with van der Waals surface area (Å²) >= 11 is 6.99. The quantitative estimate of drug-likeness (QED) is 0.420. The molecule has 0 aliphatic carbocycles. The van der Waals surface area contributed by atoms with Crippen LogP contribution in [0.15, 0.2) is 58.5 Å². The number of halogens is 1. The fourth-order valence-electron chi connectivity index (χ4n) is 2.80. The van der Waals surface area contributed by atoms with E-state index in [9.17, 15) is 14.4 Å². The highest BCUT2D eigenvalue weighted by Gasteiger charge is 2.21. The van der Waals surface area contributed by atoms with E-state index in [1.54, 1.807) is 55.5 Å². The number of thioether (sulfide) groups is 1. The van der Waals surface area contributed by atoms with Crippen molar-refractivity contribution in [2.45, 2.75) is 37.1 Å². The van der Waals surface area contributed by atoms with E-state index in [2.05, 4.69) is 25.8 Å². The van der Waals surface area contributed by atoms with E-state index in [1.165, 1.54) is 0 Å². The van der Waals surface area contributed by atoms with Gasteiger partial charge in [-0.1, -0.05) is 55.4 Å². The maximum Gasteiger partial charge on any atom is 0.278 e. The molecule has 0 aliphatic heterocycles. The SMILES string of the molecule is CCC(=O)Nc1ccccc1-c1nnc(S[C@@H](CC)C(=O)Nc2ccc(Cl)cc2)[nH]c1=O. The van der Waals surface area contributed by atoms with Gasteiger partial charge in [0.05, 0.1) is 10.9 Å². The van der Waals surface area contributed by atoms with E-state index in [0.29, 0.717) is 34.8 Å². The Kier molecular flexibility index (Phi) is 8.02. The molecule has 0 bridgehead atoms. The fraction of sp³-hybridized carbons (Fsp3) is 0.227. The number of carbonyl (C=O) groups is 2. The molecular weight excluding hydrogens is 450 g/mol. The average Bonchev–Trinajstić information content (AvgIpc) is 2.79. The number of aromatic amines is 1. The minimum atomic E-state index is -0.488. The number of aromatic nitrogens is 3. The number of anilines is 2. The van der Waals surface area contributed by atoms with Gasteiger partial charge in [-0.15, -0.1) is 10.2 Å². The first-order valence-corrected chi connectivity index (χ1v) is 11.3. The van der Waals surface area contributed by atoms with E-state index in [-0.39, 0.29) is 22.7 Å². The molecule has 0 radical (unpaired) electrons. The molecule has 0 saturated carbocycles. The molecular formula is C22H22ClN5O3S. The first-order chi connectivity index (χ1) is 15.4. The average molecular weight is 472 g/mol. The lowest BCUT2D eigenvalue weighted by Crippen LogP contribution is -2.25. The summed E-state index contributed by atoms with van der Waals surface area (Å²) < 4.78 is 0. The molecule has 32 heavy (non-hydrogen) atoms. The van der Waals surface area contributed by atoms with Gasteiger partial charge < -0.3 is 10.6 Å². The van der Waals surface area contributed by atoms with Gasteiger partial charge in [-0.3, -0.25) is 19.4 Å². The molecule has 166 valence electrons. The lowest BCUT2D eigenvalue weighted by Gasteiger charge is -2.14. The van der Waals surface area contributed by atoms with Gasteiger partial charge in [-0.05, 0) is 36.8 Å². The number of nitrogens with one attached hydrogen (secondary N) is 3. The van der Waals surface area contributed by atoms with Crippen LogP contribution in [0.4, 0.5) is 11.4 Å². The Morgan fingerprint density at radius 3 is 2.44 bits per heavy atom. The van der Waals surface area contributed by atoms with Crippen LogP contribution in [0, 0.1) is 0 Å². The lowest BCUT2D eigenvalue weighted by atomic mass is 10.1. The predicted octanol–water partition coefficient (Wildman–Crippen LogP) is 4.34. The molecule has 0 fully saturated rings. The van der Waals surface area contributed by atoms with E-state index < -0.39 is 10.8 Å². The number of rotatable bonds is 8. The second-order valence-electron chi connectivity index (χ2n) is 6.77. The van der Waals surface area contributed by atoms with Crippen molar-refractivity contribution in [2.75, 3.05) is 10.6 Å². The van der Waals surface area contributed by atoms with Crippen molar-refractivity contribution in [3.63, 3.8) is 0 Å². The standard InChI is InChI=1S/C22H22ClN5O3S/c1-3-17(20(30)24-14-11-9-13(23)10-12-14)32-22-26-21(31)19(27-28-22)15-7-5-6-8-16(15)25-18(29)4-2/h5-12,17H,3-4H2,1-2H3,(H,24,30)(H,25,29)(H,26,28,31)/t17-/m0/s1. The summed E-state index contributed by atoms with van der Waals surface area (Å²) in [6.07, 6.45) is 0.823. The number of carbonyl (C=O) groups excluding carboxylic acids is 2. The van der Waals surface area contributed by atoms with Crippen LogP contribution < -0.4 is 16.2 Å². The topological polar surface area (TPSA) is 117 Å². The highest BCUT2D eigenvalue weighted by molar-refractivity contribution is 8.00. The molecule has 10 heteroatoms. The summed E-state index contributed by atoms with van der Waals surface area (Å²) in [5, 5.41) is 14.1. The second kappa shape index (κ2) is 10.9. The van der Waals surface area contributed by atoms with Crippen molar-refractivity contribution in [3.05, 3.63) is 63.9 Å². The number of benzene rings is 2. The number of hydrogen-bond donors (Lipinski definition) is 3. The largest absolute Gasteiger partial charge is 0.325 e. The minimum Gasteiger partial charge on any atom is -0.325 e. The van der Waals surface area contributed by atoms with Gasteiger partial charge in [0, 0.05) is 22.7 Å². The highest BCUT2D eigenvalue weighted by atomic mass is 35.5. The molecule has 1 heterocycles. The summed E-state index contributed by atoms with van der Waals surface area (Å²) in [4.78, 5) is 39.8. The van der Waals surface area contributed by atoms with Crippen LogP contribution in [0.25, 0.3) is 11.3 Å². The van der Waals surface area contributed by atoms with Crippen LogP contribution >= 0.6 is 23.4 Å². The molecule has 8 nitrogen and oxygen atoms in total. The molecule has 2 amide bonds. The molecule has 1 aromatic heterocycles. The molecule has 3 N–H and O–H groups in total. The smallest absolute Gasteiger partial charge is 0.278 e. The second-order valence-corrected chi connectivity index (χ2v) is 8.39. The summed E-state index contributed by atoms with van der Waals surface area (Å²) in [6.45, 7) is 3.61. The molecule has 0 saturated heterocycles. The van der Waals surface area contributed by atoms with Crippen molar-refractivity contribution >= 4 is 46.6 Å². The zero-order valence-electron chi connectivity index (χ0n) is 17.5. The molecule has 0 spiro atoms. The zero-order chi connectivity index (χ0) is 23.1. The van der Waals surface area contributed by atoms with Gasteiger partial charge in [0.25, 0.3) is 5.56 Å². The Labute approximate surface area is 194 Å². The van der Waals surface area contributed by atoms with E-state index >= 15 is 0 Å². The lowest BCUT2D eigenvalue weighted by molar-refractivity contribution is -0.116. The molecule has 3 rings (SSSR count). The van der Waals surface area contributed by atoms with Gasteiger partial charge in [0.15, 0.2) is 10.9 Å². The number of hydrogen-bond acceptors (Lipinski definition) is 6. The number of H-pyrrole nitrogens is 1. The number of para-hydroxylation sites is 1. The summed E-state index contributed by atoms with van der Waals surface area (Å²) in [5.74, 6) is -0.398. The Hall–Kier alpha value is -3.17. The molecule has 3 aromatic rings. The maximum absolute atomic E-state index is 12.7. The van der Waals surface area contributed by atoms with Crippen molar-refractivity contribution in [3.8, 4) is 11.3 Å². The van der Waals surface area contributed by atoms with Gasteiger partial charge in [0.2, 0.25) is 11.8 Å². The normalized spacial score (nSPS) is 11.6. The number of amides is 2. The highest BCUT2D eigenvalue weighted by Crippen LogP contribution is 2.26. The van der Waals surface area contributed by atoms with E-state index in [1.807, 2.05) is 6.92 Å². The maximum atomic E-state index is 12.7. The van der Waals surface area contributed by atoms with Crippen LogP contribution in [0.1, 0.15) is 26.7 Å². The van der Waals surface area contributed by atoms with Crippen LogP contribution in [-0.2, 0) is 9.59 Å². The van der Waals surface area contributed by atoms with Crippen LogP contribution in [0.3, 0.4) is 0 Å². The van der Waals surface area contributed by atoms with E-state index in [0.717, 1.165) is 11.8 Å². The van der Waals surface area contributed by atoms with Crippen molar-refractivity contribution in [1.29, 1.82) is 0 Å². The summed E-state index contributed by atoms with van der Waals surface area (Å²) in [7, 11) is 0. The molecule has 2 aromatic carbocycles. The number of nitrogens with zero attached hydrogens (tertiary/aromatic N) is 2. The van der Waals surface area contributed by atoms with Gasteiger partial charge >= 0.3 is 0 Å². The van der Waals surface area contributed by atoms with Crippen molar-refractivity contribution in [2.24, 2.45) is 0 Å². The minimum absolute atomic E-state index is 0.0833. The first kappa shape index (κ1) is 23.5. The summed E-state index contributed by atoms with van der Waals surface area (Å²) in [6, 6.07) is 13.7.